The van der Waals surface area contributed by atoms with Crippen molar-refractivity contribution < 1.29 is 0 Å². The van der Waals surface area contributed by atoms with E-state index in [0.29, 0.717) is 5.02 Å². The first-order valence-electron chi connectivity index (χ1n) is 7.46. The molecular weight excluding hydrogens is 314 g/mol. The van der Waals surface area contributed by atoms with Gasteiger partial charge < -0.3 is 9.80 Å². The zero-order valence-corrected chi connectivity index (χ0v) is 13.5. The second kappa shape index (κ2) is 5.66. The normalized spacial score (nSPS) is 15.4. The average molecular weight is 330 g/mol. The second-order valence-corrected chi connectivity index (χ2v) is 5.99. The fraction of sp³-hybridized carbons (Fsp3) is 0.333. The number of piperazine rings is 1. The van der Waals surface area contributed by atoms with E-state index < -0.39 is 0 Å². The predicted molar refractivity (Wildman–Crippen MR) is 90.0 cm³/mol. The zero-order valence-electron chi connectivity index (χ0n) is 12.7. The third-order valence-corrected chi connectivity index (χ3v) is 4.18. The van der Waals surface area contributed by atoms with Crippen LogP contribution in [-0.2, 0) is 7.05 Å². The Morgan fingerprint density at radius 3 is 2.43 bits per heavy atom. The van der Waals surface area contributed by atoms with E-state index in [1.807, 2.05) is 30.2 Å². The van der Waals surface area contributed by atoms with Gasteiger partial charge in [-0.1, -0.05) is 11.6 Å². The minimum atomic E-state index is 0.554. The molecule has 0 amide bonds. The first kappa shape index (κ1) is 14.2. The number of pyridine rings is 1. The number of fused-ring (bicyclic) bond motifs is 1. The van der Waals surface area contributed by atoms with Crippen molar-refractivity contribution in [1.29, 1.82) is 0 Å². The minimum Gasteiger partial charge on any atom is -0.351 e. The summed E-state index contributed by atoms with van der Waals surface area (Å²) in [7, 11) is 1.93. The molecule has 3 aromatic heterocycles. The summed E-state index contributed by atoms with van der Waals surface area (Å²) in [6.45, 7) is 3.39. The van der Waals surface area contributed by atoms with E-state index in [-0.39, 0.29) is 0 Å². The van der Waals surface area contributed by atoms with Gasteiger partial charge in [-0.3, -0.25) is 4.68 Å². The van der Waals surface area contributed by atoms with Crippen LogP contribution in [0.25, 0.3) is 10.9 Å². The molecule has 8 heteroatoms. The van der Waals surface area contributed by atoms with Gasteiger partial charge in [0, 0.05) is 51.0 Å². The van der Waals surface area contributed by atoms with E-state index in [2.05, 4.69) is 29.9 Å². The number of rotatable bonds is 2. The van der Waals surface area contributed by atoms with E-state index in [9.17, 15) is 0 Å². The van der Waals surface area contributed by atoms with Gasteiger partial charge in [0.2, 0.25) is 5.95 Å². The molecule has 0 aromatic carbocycles. The Morgan fingerprint density at radius 2 is 1.70 bits per heavy atom. The van der Waals surface area contributed by atoms with Crippen molar-refractivity contribution in [2.45, 2.75) is 0 Å². The summed E-state index contributed by atoms with van der Waals surface area (Å²) >= 11 is 5.84. The van der Waals surface area contributed by atoms with Crippen molar-refractivity contribution in [1.82, 2.24) is 24.7 Å². The molecule has 0 unspecified atom stereocenters. The number of aryl methyl sites for hydroxylation is 1. The summed E-state index contributed by atoms with van der Waals surface area (Å²) < 4.78 is 1.83. The molecule has 1 saturated heterocycles. The molecule has 23 heavy (non-hydrogen) atoms. The summed E-state index contributed by atoms with van der Waals surface area (Å²) in [5, 5.41) is 6.20. The smallest absolute Gasteiger partial charge is 0.225 e. The Labute approximate surface area is 138 Å². The molecule has 0 atom stereocenters. The lowest BCUT2D eigenvalue weighted by Gasteiger charge is -2.35. The number of halogens is 1. The minimum absolute atomic E-state index is 0.554. The Bertz CT molecular complexity index is 821. The third-order valence-electron chi connectivity index (χ3n) is 3.99. The molecule has 0 radical (unpaired) electrons. The van der Waals surface area contributed by atoms with Crippen molar-refractivity contribution in [2.75, 3.05) is 36.0 Å². The fourth-order valence-corrected chi connectivity index (χ4v) is 2.97. The molecule has 1 aliphatic heterocycles. The predicted octanol–water partition coefficient (Wildman–Crippen LogP) is 1.74. The number of nitrogens with zero attached hydrogens (tertiary/aromatic N) is 7. The van der Waals surface area contributed by atoms with Gasteiger partial charge in [0.15, 0.2) is 5.82 Å². The Balaban J connectivity index is 1.53. The van der Waals surface area contributed by atoms with Gasteiger partial charge in [0.25, 0.3) is 0 Å². The molecule has 0 spiro atoms. The molecule has 1 fully saturated rings. The van der Waals surface area contributed by atoms with E-state index in [0.717, 1.165) is 48.8 Å². The van der Waals surface area contributed by atoms with Gasteiger partial charge in [0.1, 0.15) is 5.52 Å². The van der Waals surface area contributed by atoms with Gasteiger partial charge in [0.05, 0.1) is 17.4 Å². The second-order valence-electron chi connectivity index (χ2n) is 5.55. The van der Waals surface area contributed by atoms with Crippen LogP contribution < -0.4 is 9.80 Å². The number of hydrogen-bond acceptors (Lipinski definition) is 6. The molecule has 0 N–H and O–H groups in total. The third kappa shape index (κ3) is 2.68. The topological polar surface area (TPSA) is 63.0 Å². The first-order valence-corrected chi connectivity index (χ1v) is 7.84. The highest BCUT2D eigenvalue weighted by atomic mass is 35.5. The maximum absolute atomic E-state index is 5.84. The van der Waals surface area contributed by atoms with Crippen molar-refractivity contribution >= 4 is 34.3 Å². The summed E-state index contributed by atoms with van der Waals surface area (Å²) in [6.07, 6.45) is 7.12. The fourth-order valence-electron chi connectivity index (χ4n) is 2.87. The van der Waals surface area contributed by atoms with Crippen LogP contribution in [-0.4, -0.2) is 50.9 Å². The Hall–Kier alpha value is -2.41. The maximum atomic E-state index is 5.84. The van der Waals surface area contributed by atoms with Crippen LogP contribution in [0.3, 0.4) is 0 Å². The lowest BCUT2D eigenvalue weighted by molar-refractivity contribution is 0.635. The van der Waals surface area contributed by atoms with Crippen LogP contribution >= 0.6 is 11.6 Å². The molecule has 4 rings (SSSR count). The van der Waals surface area contributed by atoms with Crippen LogP contribution in [0.15, 0.2) is 30.9 Å². The van der Waals surface area contributed by atoms with Crippen molar-refractivity contribution in [2.24, 2.45) is 7.05 Å². The summed E-state index contributed by atoms with van der Waals surface area (Å²) in [6, 6.07) is 1.99. The van der Waals surface area contributed by atoms with Crippen LogP contribution in [0.1, 0.15) is 0 Å². The molecule has 0 aliphatic carbocycles. The van der Waals surface area contributed by atoms with Crippen molar-refractivity contribution in [3.05, 3.63) is 35.9 Å². The summed E-state index contributed by atoms with van der Waals surface area (Å²) in [4.78, 5) is 17.5. The lowest BCUT2D eigenvalue weighted by Crippen LogP contribution is -2.47. The Kier molecular flexibility index (Phi) is 3.49. The zero-order chi connectivity index (χ0) is 15.8. The van der Waals surface area contributed by atoms with Crippen molar-refractivity contribution in [3.63, 3.8) is 0 Å². The number of anilines is 2. The quantitative estimate of drug-likeness (QED) is 0.713. The van der Waals surface area contributed by atoms with Gasteiger partial charge in [-0.15, -0.1) is 0 Å². The van der Waals surface area contributed by atoms with Gasteiger partial charge in [-0.2, -0.15) is 5.10 Å². The standard InChI is InChI=1S/C15H16ClN7/c1-21-10-11-2-3-17-14(13(11)20-21)22-4-6-23(7-5-22)15-18-8-12(16)9-19-15/h2-3,8-10H,4-7H2,1H3. The number of hydrogen-bond donors (Lipinski definition) is 0. The average Bonchev–Trinajstić information content (AvgIpc) is 2.96. The number of aromatic nitrogens is 5. The van der Waals surface area contributed by atoms with E-state index in [1.165, 1.54) is 0 Å². The molecule has 1 aliphatic rings. The van der Waals surface area contributed by atoms with Crippen LogP contribution in [0, 0.1) is 0 Å². The van der Waals surface area contributed by atoms with E-state index >= 15 is 0 Å². The molecule has 0 bridgehead atoms. The SMILES string of the molecule is Cn1cc2ccnc(N3CCN(c4ncc(Cl)cn4)CC3)c2n1. The highest BCUT2D eigenvalue weighted by Gasteiger charge is 2.22. The highest BCUT2D eigenvalue weighted by molar-refractivity contribution is 6.30. The van der Waals surface area contributed by atoms with Gasteiger partial charge >= 0.3 is 0 Å². The molecule has 0 saturated carbocycles. The first-order chi connectivity index (χ1) is 11.2. The van der Waals surface area contributed by atoms with Crippen molar-refractivity contribution in [3.8, 4) is 0 Å². The van der Waals surface area contributed by atoms with Crippen LogP contribution in [0.4, 0.5) is 11.8 Å². The molecule has 4 heterocycles. The highest BCUT2D eigenvalue weighted by Crippen LogP contribution is 2.24. The van der Waals surface area contributed by atoms with E-state index in [4.69, 9.17) is 11.6 Å². The monoisotopic (exact) mass is 329 g/mol. The van der Waals surface area contributed by atoms with Crippen LogP contribution in [0.5, 0.6) is 0 Å². The largest absolute Gasteiger partial charge is 0.351 e. The van der Waals surface area contributed by atoms with Gasteiger partial charge in [-0.25, -0.2) is 15.0 Å². The molecular formula is C15H16ClN7. The molecule has 118 valence electrons. The van der Waals surface area contributed by atoms with Crippen LogP contribution in [0.2, 0.25) is 5.02 Å². The van der Waals surface area contributed by atoms with Gasteiger partial charge in [-0.05, 0) is 6.07 Å². The summed E-state index contributed by atoms with van der Waals surface area (Å²) in [5.41, 5.74) is 0.950. The van der Waals surface area contributed by atoms with E-state index in [1.54, 1.807) is 12.4 Å². The molecule has 7 nitrogen and oxygen atoms in total. The molecule has 3 aromatic rings. The lowest BCUT2D eigenvalue weighted by atomic mass is 10.2. The summed E-state index contributed by atoms with van der Waals surface area (Å²) in [5.74, 6) is 1.66. The maximum Gasteiger partial charge on any atom is 0.225 e. The Morgan fingerprint density at radius 1 is 1.00 bits per heavy atom.